The Morgan fingerprint density at radius 2 is 2.15 bits per heavy atom. The first-order valence-electron chi connectivity index (χ1n) is 9.03. The fourth-order valence-electron chi connectivity index (χ4n) is 3.31. The summed E-state index contributed by atoms with van der Waals surface area (Å²) in [5.74, 6) is 0.463. The Kier molecular flexibility index (Phi) is 5.61. The molecule has 1 atom stereocenters. The van der Waals surface area contributed by atoms with Crippen LogP contribution in [0.25, 0.3) is 11.0 Å². The molecule has 0 radical (unpaired) electrons. The highest BCUT2D eigenvalue weighted by Gasteiger charge is 2.21. The molecule has 6 heteroatoms. The number of aryl methyl sites for hydroxylation is 2. The molecule has 0 N–H and O–H groups in total. The predicted octanol–water partition coefficient (Wildman–Crippen LogP) is 2.68. The summed E-state index contributed by atoms with van der Waals surface area (Å²) in [4.78, 5) is 25.8. The van der Waals surface area contributed by atoms with Gasteiger partial charge in [-0.2, -0.15) is 0 Å². The molecule has 0 spiro atoms. The molecule has 0 saturated carbocycles. The lowest BCUT2D eigenvalue weighted by molar-refractivity contribution is -0.133. The summed E-state index contributed by atoms with van der Waals surface area (Å²) in [7, 11) is 1.76. The maximum Gasteiger partial charge on any atom is 0.336 e. The van der Waals surface area contributed by atoms with E-state index in [1.807, 2.05) is 26.0 Å². The number of fused-ring (bicyclic) bond motifs is 1. The molecule has 3 rings (SSSR count). The van der Waals surface area contributed by atoms with Crippen LogP contribution in [0.1, 0.15) is 30.9 Å². The standard InChI is InChI=1S/C20H25NO5/c1-4-14-10-19(23)26-17-9-13(2)8-16(20(14)17)25-12-18(22)21(3)11-15-6-5-7-24-15/h8-10,15H,4-7,11-12H2,1-3H3. The van der Waals surface area contributed by atoms with Gasteiger partial charge in [0.05, 0.1) is 11.5 Å². The molecular formula is C20H25NO5. The molecule has 1 saturated heterocycles. The van der Waals surface area contributed by atoms with Crippen LogP contribution in [0.2, 0.25) is 0 Å². The highest BCUT2D eigenvalue weighted by Crippen LogP contribution is 2.30. The Labute approximate surface area is 152 Å². The van der Waals surface area contributed by atoms with Gasteiger partial charge in [-0.25, -0.2) is 4.79 Å². The monoisotopic (exact) mass is 359 g/mol. The third-order valence-corrected chi connectivity index (χ3v) is 4.69. The molecule has 1 aliphatic heterocycles. The zero-order valence-corrected chi connectivity index (χ0v) is 15.5. The van der Waals surface area contributed by atoms with E-state index in [1.54, 1.807) is 11.9 Å². The van der Waals surface area contributed by atoms with E-state index in [1.165, 1.54) is 6.07 Å². The maximum absolute atomic E-state index is 12.4. The van der Waals surface area contributed by atoms with Gasteiger partial charge in [-0.3, -0.25) is 4.79 Å². The van der Waals surface area contributed by atoms with Gasteiger partial charge in [0, 0.05) is 26.3 Å². The van der Waals surface area contributed by atoms with Gasteiger partial charge in [0.1, 0.15) is 11.3 Å². The van der Waals surface area contributed by atoms with Gasteiger partial charge in [-0.15, -0.1) is 0 Å². The van der Waals surface area contributed by atoms with Crippen LogP contribution < -0.4 is 10.4 Å². The van der Waals surface area contributed by atoms with Gasteiger partial charge < -0.3 is 18.8 Å². The van der Waals surface area contributed by atoms with E-state index >= 15 is 0 Å². The number of benzene rings is 1. The number of likely N-dealkylation sites (N-methyl/N-ethyl adjacent to an activating group) is 1. The summed E-state index contributed by atoms with van der Waals surface area (Å²) >= 11 is 0. The molecule has 140 valence electrons. The topological polar surface area (TPSA) is 69.0 Å². The van der Waals surface area contributed by atoms with E-state index in [4.69, 9.17) is 13.9 Å². The average molecular weight is 359 g/mol. The first-order chi connectivity index (χ1) is 12.5. The Morgan fingerprint density at radius 1 is 1.35 bits per heavy atom. The second-order valence-corrected chi connectivity index (χ2v) is 6.78. The number of rotatable bonds is 6. The minimum Gasteiger partial charge on any atom is -0.483 e. The SMILES string of the molecule is CCc1cc(=O)oc2cc(C)cc(OCC(=O)N(C)CC3CCCO3)c12. The third-order valence-electron chi connectivity index (χ3n) is 4.69. The quantitative estimate of drug-likeness (QED) is 0.742. The van der Waals surface area contributed by atoms with Crippen LogP contribution >= 0.6 is 0 Å². The van der Waals surface area contributed by atoms with E-state index in [-0.39, 0.29) is 24.2 Å². The predicted molar refractivity (Wildman–Crippen MR) is 98.7 cm³/mol. The van der Waals surface area contributed by atoms with E-state index in [2.05, 4.69) is 0 Å². The van der Waals surface area contributed by atoms with Crippen LogP contribution in [0.3, 0.4) is 0 Å². The van der Waals surface area contributed by atoms with E-state index in [9.17, 15) is 9.59 Å². The van der Waals surface area contributed by atoms with Crippen LogP contribution in [0.15, 0.2) is 27.4 Å². The number of nitrogens with zero attached hydrogens (tertiary/aromatic N) is 1. The second kappa shape index (κ2) is 7.91. The van der Waals surface area contributed by atoms with Crippen molar-refractivity contribution in [3.05, 3.63) is 39.7 Å². The van der Waals surface area contributed by atoms with Crippen LogP contribution in [0.5, 0.6) is 5.75 Å². The summed E-state index contributed by atoms with van der Waals surface area (Å²) in [6, 6.07) is 5.17. The number of hydrogen-bond donors (Lipinski definition) is 0. The van der Waals surface area contributed by atoms with Crippen molar-refractivity contribution >= 4 is 16.9 Å². The number of amides is 1. The van der Waals surface area contributed by atoms with Crippen molar-refractivity contribution < 1.29 is 18.7 Å². The molecule has 1 amide bonds. The molecule has 2 heterocycles. The van der Waals surface area contributed by atoms with Crippen LogP contribution in [-0.2, 0) is 16.0 Å². The van der Waals surface area contributed by atoms with Crippen molar-refractivity contribution in [3.8, 4) is 5.75 Å². The van der Waals surface area contributed by atoms with Gasteiger partial charge in [0.2, 0.25) is 0 Å². The van der Waals surface area contributed by atoms with Crippen molar-refractivity contribution in [2.24, 2.45) is 0 Å². The Hall–Kier alpha value is -2.34. The minimum atomic E-state index is -0.377. The van der Waals surface area contributed by atoms with E-state index < -0.39 is 0 Å². The van der Waals surface area contributed by atoms with Crippen LogP contribution in [-0.4, -0.2) is 43.7 Å². The van der Waals surface area contributed by atoms with Gasteiger partial charge in [0.25, 0.3) is 5.91 Å². The van der Waals surface area contributed by atoms with Crippen LogP contribution in [0.4, 0.5) is 0 Å². The highest BCUT2D eigenvalue weighted by molar-refractivity contribution is 5.88. The molecule has 1 aromatic heterocycles. The first-order valence-corrected chi connectivity index (χ1v) is 9.03. The highest BCUT2D eigenvalue weighted by atomic mass is 16.5. The van der Waals surface area contributed by atoms with Crippen LogP contribution in [0, 0.1) is 6.92 Å². The van der Waals surface area contributed by atoms with Crippen molar-refractivity contribution in [1.29, 1.82) is 0 Å². The summed E-state index contributed by atoms with van der Waals surface area (Å²) in [6.07, 6.45) is 2.82. The molecular weight excluding hydrogens is 334 g/mol. The molecule has 0 bridgehead atoms. The molecule has 1 aliphatic rings. The zero-order chi connectivity index (χ0) is 18.7. The van der Waals surface area contributed by atoms with Gasteiger partial charge in [0.15, 0.2) is 6.61 Å². The second-order valence-electron chi connectivity index (χ2n) is 6.78. The Balaban J connectivity index is 1.77. The fraction of sp³-hybridized carbons (Fsp3) is 0.500. The largest absolute Gasteiger partial charge is 0.483 e. The lowest BCUT2D eigenvalue weighted by Crippen LogP contribution is -2.37. The number of ether oxygens (including phenoxy) is 2. The van der Waals surface area contributed by atoms with Crippen molar-refractivity contribution in [2.75, 3.05) is 26.8 Å². The van der Waals surface area contributed by atoms with Gasteiger partial charge >= 0.3 is 5.63 Å². The normalized spacial score (nSPS) is 16.8. The Morgan fingerprint density at radius 3 is 2.85 bits per heavy atom. The lowest BCUT2D eigenvalue weighted by Gasteiger charge is -2.21. The molecule has 1 aromatic carbocycles. The van der Waals surface area contributed by atoms with E-state index in [0.717, 1.165) is 36.0 Å². The zero-order valence-electron chi connectivity index (χ0n) is 15.5. The number of carbonyl (C=O) groups is 1. The first kappa shape index (κ1) is 18.5. The minimum absolute atomic E-state index is 0.0654. The van der Waals surface area contributed by atoms with Crippen molar-refractivity contribution in [2.45, 2.75) is 39.2 Å². The smallest absolute Gasteiger partial charge is 0.336 e. The molecule has 0 aliphatic carbocycles. The fourth-order valence-corrected chi connectivity index (χ4v) is 3.31. The van der Waals surface area contributed by atoms with Crippen molar-refractivity contribution in [3.63, 3.8) is 0 Å². The summed E-state index contributed by atoms with van der Waals surface area (Å²) in [5, 5.41) is 0.757. The summed E-state index contributed by atoms with van der Waals surface area (Å²) in [6.45, 7) is 5.15. The lowest BCUT2D eigenvalue weighted by atomic mass is 10.1. The Bertz CT molecular complexity index is 851. The molecule has 2 aromatic rings. The summed E-state index contributed by atoms with van der Waals surface area (Å²) < 4.78 is 16.7. The third kappa shape index (κ3) is 4.07. The number of carbonyl (C=O) groups excluding carboxylic acids is 1. The summed E-state index contributed by atoms with van der Waals surface area (Å²) in [5.41, 5.74) is 1.87. The van der Waals surface area contributed by atoms with Crippen molar-refractivity contribution in [1.82, 2.24) is 4.90 Å². The van der Waals surface area contributed by atoms with Gasteiger partial charge in [-0.05, 0) is 49.4 Å². The molecule has 1 unspecified atom stereocenters. The average Bonchev–Trinajstić information content (AvgIpc) is 3.10. The molecule has 26 heavy (non-hydrogen) atoms. The molecule has 1 fully saturated rings. The maximum atomic E-state index is 12.4. The van der Waals surface area contributed by atoms with E-state index in [0.29, 0.717) is 24.3 Å². The molecule has 6 nitrogen and oxygen atoms in total. The number of hydrogen-bond acceptors (Lipinski definition) is 5. The van der Waals surface area contributed by atoms with Gasteiger partial charge in [-0.1, -0.05) is 6.92 Å².